The molecule has 0 spiro atoms. The number of furan rings is 1. The Kier molecular flexibility index (Phi) is 7.21. The molecule has 6 aromatic rings. The van der Waals surface area contributed by atoms with Gasteiger partial charge in [0.2, 0.25) is 0 Å². The Balaban J connectivity index is 1.17. The maximum absolute atomic E-state index is 13.0. The van der Waals surface area contributed by atoms with Crippen molar-refractivity contribution in [2.75, 3.05) is 16.0 Å². The fourth-order valence-electron chi connectivity index (χ4n) is 4.71. The summed E-state index contributed by atoms with van der Waals surface area (Å²) in [7, 11) is 0. The first kappa shape index (κ1) is 27.5. The van der Waals surface area contributed by atoms with Crippen LogP contribution in [0.4, 0.5) is 27.7 Å². The van der Waals surface area contributed by atoms with Gasteiger partial charge < -0.3 is 19.8 Å². The third kappa shape index (κ3) is 6.31. The number of nitrogens with zero attached hydrogens (tertiary/aromatic N) is 2. The van der Waals surface area contributed by atoms with Crippen molar-refractivity contribution in [1.29, 1.82) is 0 Å². The summed E-state index contributed by atoms with van der Waals surface area (Å²) in [6, 6.07) is 29.8. The number of para-hydroxylation sites is 2. The number of ether oxygens (including phenoxy) is 1. The topological polar surface area (TPSA) is 118 Å². The average Bonchev–Trinajstić information content (AvgIpc) is 3.36. The van der Waals surface area contributed by atoms with Crippen LogP contribution in [0, 0.1) is 0 Å². The van der Waals surface area contributed by atoms with Crippen molar-refractivity contribution in [3.8, 4) is 11.3 Å². The first-order valence-electron chi connectivity index (χ1n) is 13.7. The molecule has 0 radical (unpaired) electrons. The second-order valence-electron chi connectivity index (χ2n) is 10.9. The summed E-state index contributed by atoms with van der Waals surface area (Å²) in [6.07, 6.45) is 0.911. The van der Waals surface area contributed by atoms with E-state index in [0.29, 0.717) is 28.5 Å². The summed E-state index contributed by atoms with van der Waals surface area (Å²) in [5.74, 6) is 0.260. The summed E-state index contributed by atoms with van der Waals surface area (Å²) in [5, 5.41) is 10.9. The second-order valence-corrected chi connectivity index (χ2v) is 10.9. The van der Waals surface area contributed by atoms with Crippen LogP contribution in [0.25, 0.3) is 33.2 Å². The van der Waals surface area contributed by atoms with Gasteiger partial charge in [-0.3, -0.25) is 10.1 Å². The monoisotopic (exact) mass is 571 g/mol. The summed E-state index contributed by atoms with van der Waals surface area (Å²) >= 11 is 0. The van der Waals surface area contributed by atoms with Gasteiger partial charge in [-0.1, -0.05) is 42.5 Å². The molecule has 0 aliphatic carbocycles. The van der Waals surface area contributed by atoms with E-state index in [-0.39, 0.29) is 5.91 Å². The van der Waals surface area contributed by atoms with Crippen LogP contribution >= 0.6 is 0 Å². The van der Waals surface area contributed by atoms with Gasteiger partial charge in [0.1, 0.15) is 28.9 Å². The highest BCUT2D eigenvalue weighted by Crippen LogP contribution is 2.35. The minimum absolute atomic E-state index is 0.326. The lowest BCUT2D eigenvalue weighted by molar-refractivity contribution is 0.0635. The summed E-state index contributed by atoms with van der Waals surface area (Å²) in [6.45, 7) is 5.35. The normalized spacial score (nSPS) is 11.3. The maximum Gasteiger partial charge on any atom is 0.412 e. The molecule has 2 aromatic heterocycles. The number of amides is 2. The van der Waals surface area contributed by atoms with E-state index < -0.39 is 11.7 Å². The minimum atomic E-state index is -0.631. The van der Waals surface area contributed by atoms with Crippen LogP contribution in [-0.2, 0) is 4.74 Å². The third-order valence-electron chi connectivity index (χ3n) is 6.51. The van der Waals surface area contributed by atoms with Gasteiger partial charge >= 0.3 is 6.09 Å². The molecule has 0 bridgehead atoms. The van der Waals surface area contributed by atoms with Crippen LogP contribution in [0.3, 0.4) is 0 Å². The number of benzene rings is 4. The summed E-state index contributed by atoms with van der Waals surface area (Å²) in [4.78, 5) is 34.0. The molecule has 0 aliphatic rings. The molecule has 0 atom stereocenters. The third-order valence-corrected chi connectivity index (χ3v) is 6.51. The lowest BCUT2D eigenvalue weighted by Gasteiger charge is -2.19. The first-order valence-corrected chi connectivity index (χ1v) is 13.7. The predicted molar refractivity (Wildman–Crippen MR) is 169 cm³/mol. The molecule has 9 heteroatoms. The summed E-state index contributed by atoms with van der Waals surface area (Å²) < 4.78 is 11.5. The molecule has 0 saturated heterocycles. The average molecular weight is 572 g/mol. The second kappa shape index (κ2) is 11.3. The fraction of sp³-hybridized carbons (Fsp3) is 0.118. The smallest absolute Gasteiger partial charge is 0.412 e. The SMILES string of the molecule is CC(C)(C)OC(=O)Nc1cccc(C(=O)Nc2cccc(Nc3cc(-c4cccc5c4oc4ccccc45)ncn3)c2)c1. The number of hydrogen-bond acceptors (Lipinski definition) is 7. The van der Waals surface area contributed by atoms with Crippen LogP contribution in [0.5, 0.6) is 0 Å². The van der Waals surface area contributed by atoms with E-state index in [0.717, 1.165) is 33.2 Å². The number of carbonyl (C=O) groups excluding carboxylic acids is 2. The van der Waals surface area contributed by atoms with Gasteiger partial charge in [0.15, 0.2) is 0 Å². The van der Waals surface area contributed by atoms with Crippen LogP contribution in [-0.4, -0.2) is 27.6 Å². The largest absolute Gasteiger partial charge is 0.455 e. The van der Waals surface area contributed by atoms with Gasteiger partial charge in [0, 0.05) is 45.0 Å². The molecule has 9 nitrogen and oxygen atoms in total. The van der Waals surface area contributed by atoms with Crippen molar-refractivity contribution in [2.24, 2.45) is 0 Å². The minimum Gasteiger partial charge on any atom is -0.455 e. The Hall–Kier alpha value is -5.70. The first-order chi connectivity index (χ1) is 20.7. The van der Waals surface area contributed by atoms with E-state index >= 15 is 0 Å². The number of carbonyl (C=O) groups is 2. The molecule has 4 aromatic carbocycles. The quantitative estimate of drug-likeness (QED) is 0.184. The van der Waals surface area contributed by atoms with Crippen molar-refractivity contribution in [1.82, 2.24) is 9.97 Å². The molecule has 6 rings (SSSR count). The van der Waals surface area contributed by atoms with Crippen molar-refractivity contribution >= 4 is 56.8 Å². The van der Waals surface area contributed by atoms with Crippen LogP contribution in [0.2, 0.25) is 0 Å². The highest BCUT2D eigenvalue weighted by atomic mass is 16.6. The molecule has 0 aliphatic heterocycles. The molecule has 0 fully saturated rings. The number of nitrogens with one attached hydrogen (secondary N) is 3. The molecule has 2 heterocycles. The van der Waals surface area contributed by atoms with E-state index in [2.05, 4.69) is 25.9 Å². The van der Waals surface area contributed by atoms with Crippen LogP contribution < -0.4 is 16.0 Å². The Labute approximate surface area is 247 Å². The zero-order valence-electron chi connectivity index (χ0n) is 23.8. The van der Waals surface area contributed by atoms with Gasteiger partial charge in [-0.05, 0) is 69.3 Å². The number of aromatic nitrogens is 2. The molecule has 2 amide bonds. The lowest BCUT2D eigenvalue weighted by Crippen LogP contribution is -2.27. The highest BCUT2D eigenvalue weighted by Gasteiger charge is 2.17. The Bertz CT molecular complexity index is 1980. The number of hydrogen-bond donors (Lipinski definition) is 3. The zero-order chi connectivity index (χ0) is 30.0. The highest BCUT2D eigenvalue weighted by molar-refractivity contribution is 6.09. The van der Waals surface area contributed by atoms with Gasteiger partial charge in [0.25, 0.3) is 5.91 Å². The number of rotatable bonds is 6. The van der Waals surface area contributed by atoms with Crippen molar-refractivity contribution in [2.45, 2.75) is 26.4 Å². The van der Waals surface area contributed by atoms with E-state index in [1.165, 1.54) is 6.33 Å². The van der Waals surface area contributed by atoms with Crippen molar-refractivity contribution in [3.63, 3.8) is 0 Å². The molecule has 43 heavy (non-hydrogen) atoms. The Morgan fingerprint density at radius 2 is 1.47 bits per heavy atom. The Morgan fingerprint density at radius 1 is 0.744 bits per heavy atom. The molecule has 214 valence electrons. The zero-order valence-corrected chi connectivity index (χ0v) is 23.8. The van der Waals surface area contributed by atoms with E-state index in [1.807, 2.05) is 66.7 Å². The summed E-state index contributed by atoms with van der Waals surface area (Å²) in [5.41, 5.74) is 4.68. The molecular weight excluding hydrogens is 542 g/mol. The molecule has 0 saturated carbocycles. The molecule has 3 N–H and O–H groups in total. The van der Waals surface area contributed by atoms with Crippen LogP contribution in [0.15, 0.2) is 108 Å². The standard InChI is InChI=1S/C34H29N5O4/c1-34(2,3)43-33(41)39-22-10-6-9-21(17-22)32(40)38-24-12-7-11-23(18-24)37-30-19-28(35-20-36-30)27-15-8-14-26-25-13-4-5-16-29(25)42-31(26)27/h4-20H,1-3H3,(H,38,40)(H,39,41)(H,35,36,37). The molecular formula is C34H29N5O4. The fourth-order valence-corrected chi connectivity index (χ4v) is 4.71. The predicted octanol–water partition coefficient (Wildman–Crippen LogP) is 8.39. The van der Waals surface area contributed by atoms with Gasteiger partial charge in [-0.25, -0.2) is 14.8 Å². The lowest BCUT2D eigenvalue weighted by atomic mass is 10.1. The number of fused-ring (bicyclic) bond motifs is 3. The maximum atomic E-state index is 13.0. The Morgan fingerprint density at radius 3 is 2.30 bits per heavy atom. The number of anilines is 4. The van der Waals surface area contributed by atoms with Crippen LogP contribution in [0.1, 0.15) is 31.1 Å². The molecule has 0 unspecified atom stereocenters. The van der Waals surface area contributed by atoms with Crippen molar-refractivity contribution in [3.05, 3.63) is 109 Å². The van der Waals surface area contributed by atoms with E-state index in [9.17, 15) is 9.59 Å². The van der Waals surface area contributed by atoms with E-state index in [4.69, 9.17) is 9.15 Å². The van der Waals surface area contributed by atoms with E-state index in [1.54, 1.807) is 51.1 Å². The van der Waals surface area contributed by atoms with Gasteiger partial charge in [-0.2, -0.15) is 0 Å². The van der Waals surface area contributed by atoms with Crippen molar-refractivity contribution < 1.29 is 18.7 Å². The van der Waals surface area contributed by atoms with Gasteiger partial charge in [-0.15, -0.1) is 0 Å². The van der Waals surface area contributed by atoms with Gasteiger partial charge in [0.05, 0.1) is 5.69 Å².